The maximum absolute atomic E-state index is 3.67. The normalized spacial score (nSPS) is 14.2. The molecule has 152 valence electrons. The van der Waals surface area contributed by atoms with Gasteiger partial charge in [-0.15, -0.1) is 0 Å². The van der Waals surface area contributed by atoms with E-state index in [9.17, 15) is 0 Å². The summed E-state index contributed by atoms with van der Waals surface area (Å²) in [5.41, 5.74) is 10.5. The van der Waals surface area contributed by atoms with Crippen molar-refractivity contribution in [3.05, 3.63) is 108 Å². The Kier molecular flexibility index (Phi) is 3.40. The van der Waals surface area contributed by atoms with Crippen LogP contribution in [0.3, 0.4) is 0 Å². The Balaban J connectivity index is 1.50. The largest absolute Gasteiger partial charge is 0.354 e. The smallest absolute Gasteiger partial charge is 0.0544 e. The zero-order chi connectivity index (χ0) is 21.4. The molecule has 0 saturated carbocycles. The van der Waals surface area contributed by atoms with Crippen molar-refractivity contribution < 1.29 is 0 Å². The fourth-order valence-corrected chi connectivity index (χ4v) is 5.79. The van der Waals surface area contributed by atoms with Gasteiger partial charge in [0.05, 0.1) is 5.52 Å². The lowest BCUT2D eigenvalue weighted by Crippen LogP contribution is -2.15. The number of nitrogens with one attached hydrogen (secondary N) is 1. The highest BCUT2D eigenvalue weighted by molar-refractivity contribution is 6.12. The second kappa shape index (κ2) is 6.11. The molecular formula is C31H23N. The van der Waals surface area contributed by atoms with Crippen LogP contribution in [0.25, 0.3) is 54.8 Å². The van der Waals surface area contributed by atoms with Crippen LogP contribution in [0.4, 0.5) is 0 Å². The second-order valence-electron chi connectivity index (χ2n) is 9.49. The van der Waals surface area contributed by atoms with Gasteiger partial charge in [-0.05, 0) is 50.7 Å². The van der Waals surface area contributed by atoms with E-state index in [-0.39, 0.29) is 5.41 Å². The van der Waals surface area contributed by atoms with Crippen LogP contribution in [0, 0.1) is 0 Å². The Hall–Kier alpha value is -3.84. The van der Waals surface area contributed by atoms with Crippen LogP contribution in [0.2, 0.25) is 0 Å². The van der Waals surface area contributed by atoms with Crippen molar-refractivity contribution >= 4 is 32.6 Å². The first kappa shape index (κ1) is 17.8. The summed E-state index contributed by atoms with van der Waals surface area (Å²) in [4.78, 5) is 3.67. The molecule has 0 amide bonds. The minimum absolute atomic E-state index is 0.0287. The predicted octanol–water partition coefficient (Wildman–Crippen LogP) is 8.45. The molecule has 0 fully saturated rings. The minimum Gasteiger partial charge on any atom is -0.354 e. The summed E-state index contributed by atoms with van der Waals surface area (Å²) in [5, 5.41) is 5.22. The van der Waals surface area contributed by atoms with E-state index >= 15 is 0 Å². The van der Waals surface area contributed by atoms with Crippen LogP contribution in [0.5, 0.6) is 0 Å². The number of H-pyrrole nitrogens is 1. The van der Waals surface area contributed by atoms with Gasteiger partial charge in [0.15, 0.2) is 0 Å². The standard InChI is InChI=1S/C31H23N/c1-31(2)26-17-15-19-8-3-4-9-21(19)29(26)25-16-14-20(18-27(25)31)22-11-7-12-24-23-10-5-6-13-28(23)32-30(22)24/h3-18,32H,1-2H3. The monoisotopic (exact) mass is 409 g/mol. The number of hydrogen-bond acceptors (Lipinski definition) is 0. The molecule has 0 atom stereocenters. The van der Waals surface area contributed by atoms with E-state index in [2.05, 4.69) is 116 Å². The van der Waals surface area contributed by atoms with Gasteiger partial charge in [-0.25, -0.2) is 0 Å². The van der Waals surface area contributed by atoms with Crippen LogP contribution in [0.1, 0.15) is 25.0 Å². The van der Waals surface area contributed by atoms with Crippen molar-refractivity contribution in [3.63, 3.8) is 0 Å². The number of para-hydroxylation sites is 2. The molecule has 0 spiro atoms. The third-order valence-electron chi connectivity index (χ3n) is 7.42. The topological polar surface area (TPSA) is 15.8 Å². The molecule has 0 aliphatic heterocycles. The van der Waals surface area contributed by atoms with E-state index < -0.39 is 0 Å². The Bertz CT molecular complexity index is 1700. The van der Waals surface area contributed by atoms with Gasteiger partial charge in [0.2, 0.25) is 0 Å². The van der Waals surface area contributed by atoms with Gasteiger partial charge in [0.25, 0.3) is 0 Å². The third kappa shape index (κ3) is 2.23. The predicted molar refractivity (Wildman–Crippen MR) is 136 cm³/mol. The molecule has 0 bridgehead atoms. The molecule has 7 rings (SSSR count). The minimum atomic E-state index is -0.0287. The van der Waals surface area contributed by atoms with Crippen LogP contribution in [-0.2, 0) is 5.41 Å². The van der Waals surface area contributed by atoms with Crippen molar-refractivity contribution in [3.8, 4) is 22.3 Å². The maximum Gasteiger partial charge on any atom is 0.0544 e. The second-order valence-corrected chi connectivity index (χ2v) is 9.49. The van der Waals surface area contributed by atoms with Gasteiger partial charge >= 0.3 is 0 Å². The summed E-state index contributed by atoms with van der Waals surface area (Å²) in [7, 11) is 0. The Labute approximate surface area is 187 Å². The highest BCUT2D eigenvalue weighted by atomic mass is 14.7. The van der Waals surface area contributed by atoms with Gasteiger partial charge in [-0.3, -0.25) is 0 Å². The molecule has 1 aromatic heterocycles. The van der Waals surface area contributed by atoms with E-state index in [1.807, 2.05) is 0 Å². The summed E-state index contributed by atoms with van der Waals surface area (Å²) >= 11 is 0. The maximum atomic E-state index is 3.67. The molecule has 1 aliphatic rings. The van der Waals surface area contributed by atoms with Gasteiger partial charge in [-0.2, -0.15) is 0 Å². The van der Waals surface area contributed by atoms with E-state index in [0.29, 0.717) is 0 Å². The van der Waals surface area contributed by atoms with Crippen molar-refractivity contribution in [2.45, 2.75) is 19.3 Å². The van der Waals surface area contributed by atoms with Crippen molar-refractivity contribution in [1.82, 2.24) is 4.98 Å². The molecule has 0 radical (unpaired) electrons. The SMILES string of the molecule is CC1(C)c2cc(-c3cccc4c3[nH]c3ccccc34)ccc2-c2c1ccc1ccccc21. The lowest BCUT2D eigenvalue weighted by atomic mass is 9.81. The number of fused-ring (bicyclic) bond motifs is 8. The Morgan fingerprint density at radius 3 is 2.28 bits per heavy atom. The van der Waals surface area contributed by atoms with Crippen molar-refractivity contribution in [2.75, 3.05) is 0 Å². The van der Waals surface area contributed by atoms with Crippen molar-refractivity contribution in [1.29, 1.82) is 0 Å². The Morgan fingerprint density at radius 2 is 1.38 bits per heavy atom. The van der Waals surface area contributed by atoms with Crippen LogP contribution >= 0.6 is 0 Å². The quantitative estimate of drug-likeness (QED) is 0.280. The lowest BCUT2D eigenvalue weighted by Gasteiger charge is -2.22. The van der Waals surface area contributed by atoms with Gasteiger partial charge < -0.3 is 4.98 Å². The van der Waals surface area contributed by atoms with E-state index in [4.69, 9.17) is 0 Å². The first-order chi connectivity index (χ1) is 15.6. The van der Waals surface area contributed by atoms with E-state index in [1.165, 1.54) is 66.0 Å². The number of aromatic amines is 1. The number of hydrogen-bond donors (Lipinski definition) is 1. The highest BCUT2D eigenvalue weighted by Gasteiger charge is 2.36. The van der Waals surface area contributed by atoms with E-state index in [0.717, 1.165) is 0 Å². The first-order valence-corrected chi connectivity index (χ1v) is 11.3. The average Bonchev–Trinajstić information content (AvgIpc) is 3.32. The molecule has 1 heterocycles. The summed E-state index contributed by atoms with van der Waals surface area (Å²) < 4.78 is 0. The van der Waals surface area contributed by atoms with Gasteiger partial charge in [-0.1, -0.05) is 98.8 Å². The molecule has 32 heavy (non-hydrogen) atoms. The van der Waals surface area contributed by atoms with E-state index in [1.54, 1.807) is 0 Å². The summed E-state index contributed by atoms with van der Waals surface area (Å²) in [6, 6.07) is 35.6. The molecule has 1 N–H and O–H groups in total. The average molecular weight is 410 g/mol. The zero-order valence-electron chi connectivity index (χ0n) is 18.2. The first-order valence-electron chi connectivity index (χ1n) is 11.3. The molecule has 6 aromatic rings. The molecule has 0 saturated heterocycles. The molecule has 5 aromatic carbocycles. The molecule has 1 aliphatic carbocycles. The summed E-state index contributed by atoms with van der Waals surface area (Å²) in [6.45, 7) is 4.72. The fourth-order valence-electron chi connectivity index (χ4n) is 5.79. The molecular weight excluding hydrogens is 386 g/mol. The van der Waals surface area contributed by atoms with Crippen LogP contribution in [0.15, 0.2) is 97.1 Å². The summed E-state index contributed by atoms with van der Waals surface area (Å²) in [5.74, 6) is 0. The fraction of sp³-hybridized carbons (Fsp3) is 0.0968. The Morgan fingerprint density at radius 1 is 0.594 bits per heavy atom. The van der Waals surface area contributed by atoms with Crippen LogP contribution < -0.4 is 0 Å². The van der Waals surface area contributed by atoms with Gasteiger partial charge in [0.1, 0.15) is 0 Å². The molecule has 1 nitrogen and oxygen atoms in total. The molecule has 1 heteroatoms. The van der Waals surface area contributed by atoms with Crippen molar-refractivity contribution in [2.24, 2.45) is 0 Å². The van der Waals surface area contributed by atoms with Gasteiger partial charge in [0, 0.05) is 27.3 Å². The summed E-state index contributed by atoms with van der Waals surface area (Å²) in [6.07, 6.45) is 0. The van der Waals surface area contributed by atoms with Crippen LogP contribution in [-0.4, -0.2) is 4.98 Å². The third-order valence-corrected chi connectivity index (χ3v) is 7.42. The lowest BCUT2D eigenvalue weighted by molar-refractivity contribution is 0.661. The number of benzene rings is 5. The zero-order valence-corrected chi connectivity index (χ0v) is 18.2. The number of rotatable bonds is 1. The number of aromatic nitrogens is 1. The molecule has 0 unspecified atom stereocenters. The highest BCUT2D eigenvalue weighted by Crippen LogP contribution is 2.52.